The van der Waals surface area contributed by atoms with Gasteiger partial charge in [0, 0.05) is 6.54 Å². The number of alkyl carbamates (subject to hydrolysis) is 1. The fourth-order valence-corrected chi connectivity index (χ4v) is 2.23. The standard InChI is InChI=1S/C16H22N2O3/c1-12(21-16(20)18-14-11-17-15(14)19)7-5-6-10-13-8-3-2-4-9-13/h2-4,8-9,12,14H,5-7,10-11H2,1H3,(H,17,19)(H,18,20)/t12-,14+/m1/s1. The molecule has 1 saturated heterocycles. The van der Waals surface area contributed by atoms with Crippen LogP contribution in [0, 0.1) is 0 Å². The van der Waals surface area contributed by atoms with Crippen LogP contribution in [0.1, 0.15) is 31.7 Å². The summed E-state index contributed by atoms with van der Waals surface area (Å²) in [5, 5.41) is 5.11. The van der Waals surface area contributed by atoms with E-state index in [2.05, 4.69) is 22.8 Å². The number of benzene rings is 1. The summed E-state index contributed by atoms with van der Waals surface area (Å²) in [6.07, 6.45) is 3.31. The van der Waals surface area contributed by atoms with Crippen molar-refractivity contribution in [2.75, 3.05) is 6.54 Å². The molecule has 0 aliphatic carbocycles. The van der Waals surface area contributed by atoms with Gasteiger partial charge in [0.05, 0.1) is 0 Å². The summed E-state index contributed by atoms with van der Waals surface area (Å²) in [4.78, 5) is 22.6. The number of hydrogen-bond donors (Lipinski definition) is 2. The van der Waals surface area contributed by atoms with E-state index < -0.39 is 12.1 Å². The van der Waals surface area contributed by atoms with Crippen LogP contribution in [0.25, 0.3) is 0 Å². The number of hydrogen-bond acceptors (Lipinski definition) is 3. The first kappa shape index (κ1) is 15.4. The molecular formula is C16H22N2O3. The SMILES string of the molecule is C[C@H](CCCCc1ccccc1)OC(=O)N[C@H]1CNC1=O. The Morgan fingerprint density at radius 2 is 2.14 bits per heavy atom. The fraction of sp³-hybridized carbons (Fsp3) is 0.500. The van der Waals surface area contributed by atoms with Crippen LogP contribution in [0.4, 0.5) is 4.79 Å². The second-order valence-corrected chi connectivity index (χ2v) is 5.39. The summed E-state index contributed by atoms with van der Waals surface area (Å²) in [6.45, 7) is 2.36. The molecule has 0 bridgehead atoms. The van der Waals surface area contributed by atoms with Crippen LogP contribution in [0.5, 0.6) is 0 Å². The van der Waals surface area contributed by atoms with E-state index in [0.717, 1.165) is 25.7 Å². The van der Waals surface area contributed by atoms with Gasteiger partial charge in [-0.1, -0.05) is 30.3 Å². The van der Waals surface area contributed by atoms with Gasteiger partial charge in [-0.05, 0) is 38.2 Å². The molecule has 0 unspecified atom stereocenters. The van der Waals surface area contributed by atoms with Crippen molar-refractivity contribution in [3.63, 3.8) is 0 Å². The number of carbonyl (C=O) groups is 2. The molecule has 2 atom stereocenters. The highest BCUT2D eigenvalue weighted by Gasteiger charge is 2.29. The molecule has 1 aromatic carbocycles. The molecule has 21 heavy (non-hydrogen) atoms. The molecular weight excluding hydrogens is 268 g/mol. The van der Waals surface area contributed by atoms with E-state index in [1.165, 1.54) is 5.56 Å². The average Bonchev–Trinajstić information content (AvgIpc) is 2.49. The first-order valence-corrected chi connectivity index (χ1v) is 7.44. The van der Waals surface area contributed by atoms with Crippen molar-refractivity contribution in [2.45, 2.75) is 44.8 Å². The lowest BCUT2D eigenvalue weighted by Gasteiger charge is -2.26. The quantitative estimate of drug-likeness (QED) is 0.596. The Kier molecular flexibility index (Phi) is 5.60. The Balaban J connectivity index is 1.55. The van der Waals surface area contributed by atoms with Crippen LogP contribution in [-0.2, 0) is 16.0 Å². The number of nitrogens with one attached hydrogen (secondary N) is 2. The van der Waals surface area contributed by atoms with Crippen LogP contribution >= 0.6 is 0 Å². The number of β-lactam (4-membered cyclic amide) rings is 1. The van der Waals surface area contributed by atoms with Crippen molar-refractivity contribution in [1.29, 1.82) is 0 Å². The number of rotatable bonds is 7. The lowest BCUT2D eigenvalue weighted by Crippen LogP contribution is -2.61. The summed E-state index contributed by atoms with van der Waals surface area (Å²) in [6, 6.07) is 9.92. The minimum absolute atomic E-state index is 0.135. The summed E-state index contributed by atoms with van der Waals surface area (Å²) in [5.41, 5.74) is 1.33. The van der Waals surface area contributed by atoms with Gasteiger partial charge in [0.15, 0.2) is 0 Å². The maximum absolute atomic E-state index is 11.5. The van der Waals surface area contributed by atoms with Crippen LogP contribution in [0.2, 0.25) is 0 Å². The van der Waals surface area contributed by atoms with Crippen molar-refractivity contribution < 1.29 is 14.3 Å². The average molecular weight is 290 g/mol. The number of amides is 2. The van der Waals surface area contributed by atoms with Crippen LogP contribution in [0.3, 0.4) is 0 Å². The highest BCUT2D eigenvalue weighted by atomic mass is 16.6. The third-order valence-corrected chi connectivity index (χ3v) is 3.57. The summed E-state index contributed by atoms with van der Waals surface area (Å²) >= 11 is 0. The molecule has 1 fully saturated rings. The van der Waals surface area contributed by atoms with Crippen molar-refractivity contribution in [3.8, 4) is 0 Å². The van der Waals surface area contributed by atoms with Gasteiger partial charge in [-0.2, -0.15) is 0 Å². The van der Waals surface area contributed by atoms with E-state index in [1.807, 2.05) is 25.1 Å². The Hall–Kier alpha value is -2.04. The molecule has 0 saturated carbocycles. The molecule has 2 rings (SSSR count). The van der Waals surface area contributed by atoms with Gasteiger partial charge >= 0.3 is 6.09 Å². The van der Waals surface area contributed by atoms with Gasteiger partial charge < -0.3 is 15.4 Å². The van der Waals surface area contributed by atoms with E-state index >= 15 is 0 Å². The van der Waals surface area contributed by atoms with Gasteiger partial charge in [-0.15, -0.1) is 0 Å². The van der Waals surface area contributed by atoms with Gasteiger partial charge in [0.2, 0.25) is 5.91 Å². The smallest absolute Gasteiger partial charge is 0.408 e. The van der Waals surface area contributed by atoms with Crippen molar-refractivity contribution in [2.24, 2.45) is 0 Å². The first-order chi connectivity index (χ1) is 10.1. The lowest BCUT2D eigenvalue weighted by atomic mass is 10.1. The van der Waals surface area contributed by atoms with E-state index in [0.29, 0.717) is 6.54 Å². The number of unbranched alkanes of at least 4 members (excludes halogenated alkanes) is 1. The van der Waals surface area contributed by atoms with E-state index in [9.17, 15) is 9.59 Å². The molecule has 1 aliphatic heterocycles. The van der Waals surface area contributed by atoms with Crippen molar-refractivity contribution in [3.05, 3.63) is 35.9 Å². The molecule has 0 spiro atoms. The zero-order valence-corrected chi connectivity index (χ0v) is 12.3. The monoisotopic (exact) mass is 290 g/mol. The molecule has 2 N–H and O–H groups in total. The van der Waals surface area contributed by atoms with Crippen molar-refractivity contribution in [1.82, 2.24) is 10.6 Å². The van der Waals surface area contributed by atoms with E-state index in [-0.39, 0.29) is 12.0 Å². The Morgan fingerprint density at radius 3 is 2.76 bits per heavy atom. The molecule has 0 radical (unpaired) electrons. The van der Waals surface area contributed by atoms with Gasteiger partial charge in [0.1, 0.15) is 12.1 Å². The van der Waals surface area contributed by atoms with Crippen LogP contribution in [0.15, 0.2) is 30.3 Å². The normalized spacial score (nSPS) is 18.3. The molecule has 1 aliphatic rings. The van der Waals surface area contributed by atoms with Gasteiger partial charge in [0.25, 0.3) is 0 Å². The van der Waals surface area contributed by atoms with Crippen LogP contribution in [-0.4, -0.2) is 30.7 Å². The highest BCUT2D eigenvalue weighted by Crippen LogP contribution is 2.09. The highest BCUT2D eigenvalue weighted by molar-refractivity contribution is 5.90. The molecule has 5 heteroatoms. The fourth-order valence-electron chi connectivity index (χ4n) is 2.23. The molecule has 1 aromatic rings. The minimum atomic E-state index is -0.509. The number of carbonyl (C=O) groups excluding carboxylic acids is 2. The zero-order valence-electron chi connectivity index (χ0n) is 12.3. The summed E-state index contributed by atoms with van der Waals surface area (Å²) in [7, 11) is 0. The Labute approximate surface area is 125 Å². The predicted octanol–water partition coefficient (Wildman–Crippen LogP) is 2.01. The molecule has 0 aromatic heterocycles. The first-order valence-electron chi connectivity index (χ1n) is 7.44. The van der Waals surface area contributed by atoms with Crippen LogP contribution < -0.4 is 10.6 Å². The van der Waals surface area contributed by atoms with Gasteiger partial charge in [-0.25, -0.2) is 4.79 Å². The zero-order chi connectivity index (χ0) is 15.1. The third-order valence-electron chi connectivity index (χ3n) is 3.57. The molecule has 2 amide bonds. The maximum Gasteiger partial charge on any atom is 0.408 e. The minimum Gasteiger partial charge on any atom is -0.447 e. The second kappa shape index (κ2) is 7.67. The largest absolute Gasteiger partial charge is 0.447 e. The van der Waals surface area contributed by atoms with E-state index in [1.54, 1.807) is 0 Å². The Bertz CT molecular complexity index is 476. The number of ether oxygens (including phenoxy) is 1. The Morgan fingerprint density at radius 1 is 1.38 bits per heavy atom. The summed E-state index contributed by atoms with van der Waals surface area (Å²) in [5.74, 6) is -0.150. The number of aryl methyl sites for hydroxylation is 1. The van der Waals surface area contributed by atoms with Gasteiger partial charge in [-0.3, -0.25) is 4.79 Å². The lowest BCUT2D eigenvalue weighted by molar-refractivity contribution is -0.128. The molecule has 1 heterocycles. The van der Waals surface area contributed by atoms with Crippen molar-refractivity contribution >= 4 is 12.0 Å². The molecule has 5 nitrogen and oxygen atoms in total. The predicted molar refractivity (Wildman–Crippen MR) is 79.9 cm³/mol. The third kappa shape index (κ3) is 5.10. The molecule has 114 valence electrons. The topological polar surface area (TPSA) is 67.4 Å². The summed E-state index contributed by atoms with van der Waals surface area (Å²) < 4.78 is 5.23. The second-order valence-electron chi connectivity index (χ2n) is 5.39. The van der Waals surface area contributed by atoms with E-state index in [4.69, 9.17) is 4.74 Å². The maximum atomic E-state index is 11.5.